The van der Waals surface area contributed by atoms with Crippen molar-refractivity contribution in [3.63, 3.8) is 0 Å². The average Bonchev–Trinajstić information content (AvgIpc) is 2.90. The summed E-state index contributed by atoms with van der Waals surface area (Å²) in [4.78, 5) is 30.2. The Hall–Kier alpha value is -3.62. The van der Waals surface area contributed by atoms with E-state index in [1.165, 1.54) is 17.0 Å². The van der Waals surface area contributed by atoms with Crippen LogP contribution in [-0.4, -0.2) is 59.0 Å². The molecule has 0 radical (unpaired) electrons. The molecule has 0 aliphatic rings. The zero-order valence-electron chi connectivity index (χ0n) is 24.5. The first-order valence-electron chi connectivity index (χ1n) is 14.0. The van der Waals surface area contributed by atoms with E-state index in [2.05, 4.69) is 0 Å². The Labute approximate surface area is 241 Å². The van der Waals surface area contributed by atoms with Crippen molar-refractivity contribution in [1.82, 2.24) is 9.80 Å². The highest BCUT2D eigenvalue weighted by atomic mass is 19.1. The Kier molecular flexibility index (Phi) is 11.1. The number of carbonyl (C=O) groups excluding carboxylic acids is 2. The van der Waals surface area contributed by atoms with Crippen LogP contribution in [0.1, 0.15) is 63.7 Å². The maximum absolute atomic E-state index is 13.9. The van der Waals surface area contributed by atoms with Crippen LogP contribution in [0.3, 0.4) is 0 Å². The van der Waals surface area contributed by atoms with Gasteiger partial charge in [0.1, 0.15) is 11.6 Å². The van der Waals surface area contributed by atoms with Gasteiger partial charge in [-0.2, -0.15) is 0 Å². The number of aryl methyl sites for hydroxylation is 2. The Morgan fingerprint density at radius 1 is 0.878 bits per heavy atom. The van der Waals surface area contributed by atoms with Crippen molar-refractivity contribution in [3.05, 3.63) is 106 Å². The van der Waals surface area contributed by atoms with Gasteiger partial charge in [0.05, 0.1) is 6.10 Å². The Morgan fingerprint density at radius 3 is 2.10 bits per heavy atom. The van der Waals surface area contributed by atoms with E-state index < -0.39 is 23.8 Å². The molecule has 0 aromatic heterocycles. The number of benzene rings is 3. The van der Waals surface area contributed by atoms with Crippen molar-refractivity contribution in [2.24, 2.45) is 11.7 Å². The number of hydrogen-bond acceptors (Lipinski definition) is 4. The zero-order valence-corrected chi connectivity index (χ0v) is 24.5. The number of nitrogens with two attached hydrogens (primary N) is 1. The Morgan fingerprint density at radius 2 is 1.49 bits per heavy atom. The molecule has 0 unspecified atom stereocenters. The number of hydrogen-bond donors (Lipinski definition) is 2. The Bertz CT molecular complexity index is 1340. The summed E-state index contributed by atoms with van der Waals surface area (Å²) in [5.41, 5.74) is 10.1. The van der Waals surface area contributed by atoms with Gasteiger partial charge in [0.15, 0.2) is 0 Å². The largest absolute Gasteiger partial charge is 0.390 e. The second-order valence-electron chi connectivity index (χ2n) is 11.2. The number of rotatable bonds is 12. The maximum atomic E-state index is 13.9. The van der Waals surface area contributed by atoms with Crippen LogP contribution < -0.4 is 5.73 Å². The average molecular weight is 566 g/mol. The van der Waals surface area contributed by atoms with E-state index in [9.17, 15) is 23.5 Å². The summed E-state index contributed by atoms with van der Waals surface area (Å²) in [6.45, 7) is 8.60. The molecule has 3 aromatic carbocycles. The van der Waals surface area contributed by atoms with Crippen molar-refractivity contribution in [3.8, 4) is 0 Å². The van der Waals surface area contributed by atoms with E-state index in [0.29, 0.717) is 29.2 Å². The molecule has 41 heavy (non-hydrogen) atoms. The standard InChI is InChI=1S/C33H41F2N3O3/c1-6-23-8-7-9-24(12-23)19-38(20-31(39)30(36)15-25-13-28(34)17-29(35)14-25)33(41)27-11-22(4)10-26(16-27)32(40)37(5)18-21(2)3/h7-14,16-17,21,30-31,39H,6,15,18-20,36H2,1-5H3/t30-,31+/m0/s1. The lowest BCUT2D eigenvalue weighted by molar-refractivity contribution is 0.0554. The predicted molar refractivity (Wildman–Crippen MR) is 158 cm³/mol. The van der Waals surface area contributed by atoms with Gasteiger partial charge in [-0.25, -0.2) is 8.78 Å². The minimum Gasteiger partial charge on any atom is -0.390 e. The quantitative estimate of drug-likeness (QED) is 0.319. The molecule has 0 saturated carbocycles. The van der Waals surface area contributed by atoms with Gasteiger partial charge in [0.2, 0.25) is 0 Å². The molecule has 3 rings (SSSR count). The van der Waals surface area contributed by atoms with E-state index in [1.807, 2.05) is 52.0 Å². The van der Waals surface area contributed by atoms with Gasteiger partial charge < -0.3 is 20.6 Å². The van der Waals surface area contributed by atoms with Gasteiger partial charge in [-0.3, -0.25) is 9.59 Å². The normalized spacial score (nSPS) is 12.7. The van der Waals surface area contributed by atoms with Gasteiger partial charge >= 0.3 is 0 Å². The van der Waals surface area contributed by atoms with Crippen LogP contribution in [0.4, 0.5) is 8.78 Å². The highest BCUT2D eigenvalue weighted by molar-refractivity contribution is 6.00. The highest BCUT2D eigenvalue weighted by Gasteiger charge is 2.25. The van der Waals surface area contributed by atoms with Crippen LogP contribution in [0.15, 0.2) is 60.7 Å². The van der Waals surface area contributed by atoms with Gasteiger partial charge in [0, 0.05) is 49.9 Å². The fraction of sp³-hybridized carbons (Fsp3) is 0.394. The lowest BCUT2D eigenvalue weighted by Gasteiger charge is -2.29. The molecule has 2 amide bonds. The summed E-state index contributed by atoms with van der Waals surface area (Å²) in [6.07, 6.45) is -0.330. The van der Waals surface area contributed by atoms with E-state index >= 15 is 0 Å². The second-order valence-corrected chi connectivity index (χ2v) is 11.2. The first-order chi connectivity index (χ1) is 19.4. The molecule has 220 valence electrons. The summed E-state index contributed by atoms with van der Waals surface area (Å²) < 4.78 is 27.4. The molecule has 0 heterocycles. The molecule has 6 nitrogen and oxygen atoms in total. The molecule has 3 aromatic rings. The van der Waals surface area contributed by atoms with Crippen molar-refractivity contribution < 1.29 is 23.5 Å². The second kappa shape index (κ2) is 14.3. The summed E-state index contributed by atoms with van der Waals surface area (Å²) in [5, 5.41) is 11.0. The van der Waals surface area contributed by atoms with Crippen molar-refractivity contribution in [2.45, 2.75) is 59.2 Å². The lowest BCUT2D eigenvalue weighted by Crippen LogP contribution is -2.46. The molecule has 0 aliphatic carbocycles. The lowest BCUT2D eigenvalue weighted by atomic mass is 10.00. The summed E-state index contributed by atoms with van der Waals surface area (Å²) in [6, 6.07) is 15.2. The SMILES string of the molecule is CCc1cccc(CN(C[C@@H](O)[C@@H](N)Cc2cc(F)cc(F)c2)C(=O)c2cc(C)cc(C(=O)N(C)CC(C)C)c2)c1. The molecule has 0 spiro atoms. The van der Waals surface area contributed by atoms with Crippen LogP contribution >= 0.6 is 0 Å². The van der Waals surface area contributed by atoms with Gasteiger partial charge in [-0.1, -0.05) is 45.0 Å². The maximum Gasteiger partial charge on any atom is 0.254 e. The summed E-state index contributed by atoms with van der Waals surface area (Å²) >= 11 is 0. The van der Waals surface area contributed by atoms with Crippen LogP contribution in [0, 0.1) is 24.5 Å². The predicted octanol–water partition coefficient (Wildman–Crippen LogP) is 5.14. The molecule has 2 atom stereocenters. The molecule has 0 bridgehead atoms. The number of halogens is 2. The molecular formula is C33H41F2N3O3. The fourth-order valence-electron chi connectivity index (χ4n) is 4.95. The number of nitrogens with zero attached hydrogens (tertiary/aromatic N) is 2. The molecule has 0 saturated heterocycles. The smallest absolute Gasteiger partial charge is 0.254 e. The Balaban J connectivity index is 1.90. The van der Waals surface area contributed by atoms with Crippen molar-refractivity contribution >= 4 is 11.8 Å². The van der Waals surface area contributed by atoms with E-state index in [-0.39, 0.29) is 31.3 Å². The first-order valence-corrected chi connectivity index (χ1v) is 14.0. The highest BCUT2D eigenvalue weighted by Crippen LogP contribution is 2.19. The van der Waals surface area contributed by atoms with Crippen LogP contribution in [0.25, 0.3) is 0 Å². The zero-order chi connectivity index (χ0) is 30.3. The third kappa shape index (κ3) is 9.20. The van der Waals surface area contributed by atoms with Gasteiger partial charge in [0.25, 0.3) is 11.8 Å². The fourth-order valence-corrected chi connectivity index (χ4v) is 4.95. The topological polar surface area (TPSA) is 86.9 Å². The van der Waals surface area contributed by atoms with E-state index in [4.69, 9.17) is 5.73 Å². The van der Waals surface area contributed by atoms with Crippen molar-refractivity contribution in [2.75, 3.05) is 20.1 Å². The molecule has 8 heteroatoms. The number of aliphatic hydroxyl groups excluding tert-OH is 1. The first kappa shape index (κ1) is 31.9. The molecular weight excluding hydrogens is 524 g/mol. The van der Waals surface area contributed by atoms with Gasteiger partial charge in [-0.05, 0) is 78.3 Å². The van der Waals surface area contributed by atoms with Crippen LogP contribution in [0.5, 0.6) is 0 Å². The molecule has 0 aliphatic heterocycles. The molecule has 3 N–H and O–H groups in total. The minimum absolute atomic E-state index is 0.0223. The van der Waals surface area contributed by atoms with Crippen LogP contribution in [-0.2, 0) is 19.4 Å². The third-order valence-electron chi connectivity index (χ3n) is 6.91. The number of carbonyl (C=O) groups is 2. The van der Waals surface area contributed by atoms with E-state index in [1.54, 1.807) is 30.1 Å². The van der Waals surface area contributed by atoms with E-state index in [0.717, 1.165) is 29.2 Å². The van der Waals surface area contributed by atoms with Crippen LogP contribution in [0.2, 0.25) is 0 Å². The number of amides is 2. The van der Waals surface area contributed by atoms with Crippen molar-refractivity contribution in [1.29, 1.82) is 0 Å². The van der Waals surface area contributed by atoms with Gasteiger partial charge in [-0.15, -0.1) is 0 Å². The molecule has 0 fully saturated rings. The number of aliphatic hydroxyl groups is 1. The summed E-state index contributed by atoms with van der Waals surface area (Å²) in [7, 11) is 1.74. The summed E-state index contributed by atoms with van der Waals surface area (Å²) in [5.74, 6) is -1.70. The minimum atomic E-state index is -1.18. The third-order valence-corrected chi connectivity index (χ3v) is 6.91. The monoisotopic (exact) mass is 565 g/mol.